The van der Waals surface area contributed by atoms with Crippen LogP contribution in [0.5, 0.6) is 0 Å². The molecule has 0 N–H and O–H groups in total. The van der Waals surface area contributed by atoms with Gasteiger partial charge in [-0.3, -0.25) is 9.78 Å². The van der Waals surface area contributed by atoms with E-state index >= 15 is 0 Å². The number of methoxy groups -OCH3 is 1. The van der Waals surface area contributed by atoms with Crippen LogP contribution in [0.3, 0.4) is 0 Å². The Bertz CT molecular complexity index is 264. The number of aromatic nitrogens is 1. The van der Waals surface area contributed by atoms with E-state index in [0.29, 0.717) is 5.75 Å². The molecule has 0 aliphatic carbocycles. The lowest BCUT2D eigenvalue weighted by atomic mass is 10.4. The Morgan fingerprint density at radius 2 is 2.46 bits per heavy atom. The maximum atomic E-state index is 10.7. The summed E-state index contributed by atoms with van der Waals surface area (Å²) < 4.78 is 4.51. The van der Waals surface area contributed by atoms with E-state index in [1.54, 1.807) is 6.20 Å². The topological polar surface area (TPSA) is 39.2 Å². The first-order valence-corrected chi connectivity index (χ1v) is 5.03. The van der Waals surface area contributed by atoms with Crippen molar-refractivity contribution in [3.05, 3.63) is 30.1 Å². The maximum Gasteiger partial charge on any atom is 0.315 e. The number of thioether (sulfide) groups is 1. The molecule has 70 valence electrons. The molecule has 0 unspecified atom stereocenters. The fourth-order valence-electron chi connectivity index (χ4n) is 0.781. The molecule has 1 aromatic rings. The second-order valence-corrected chi connectivity index (χ2v) is 3.38. The maximum absolute atomic E-state index is 10.7. The van der Waals surface area contributed by atoms with Gasteiger partial charge in [0.15, 0.2) is 0 Å². The SMILES string of the molecule is COC(=O)CSCc1ccccn1. The molecule has 0 aliphatic rings. The summed E-state index contributed by atoms with van der Waals surface area (Å²) in [5.41, 5.74) is 0.983. The summed E-state index contributed by atoms with van der Waals surface area (Å²) in [7, 11) is 1.39. The van der Waals surface area contributed by atoms with E-state index in [1.165, 1.54) is 18.9 Å². The third kappa shape index (κ3) is 3.94. The van der Waals surface area contributed by atoms with Crippen molar-refractivity contribution in [1.29, 1.82) is 0 Å². The van der Waals surface area contributed by atoms with Crippen molar-refractivity contribution in [1.82, 2.24) is 4.98 Å². The summed E-state index contributed by atoms with van der Waals surface area (Å²) in [5.74, 6) is 0.934. The lowest BCUT2D eigenvalue weighted by Crippen LogP contribution is -2.03. The van der Waals surface area contributed by atoms with Crippen LogP contribution in [0.15, 0.2) is 24.4 Å². The first-order chi connectivity index (χ1) is 6.33. The van der Waals surface area contributed by atoms with E-state index in [4.69, 9.17) is 0 Å². The van der Waals surface area contributed by atoms with Crippen molar-refractivity contribution in [2.45, 2.75) is 5.75 Å². The summed E-state index contributed by atoms with van der Waals surface area (Å²) in [4.78, 5) is 14.9. The molecule has 0 spiro atoms. The first kappa shape index (κ1) is 10.1. The normalized spacial score (nSPS) is 9.62. The predicted molar refractivity (Wildman–Crippen MR) is 52.4 cm³/mol. The number of hydrogen-bond acceptors (Lipinski definition) is 4. The first-order valence-electron chi connectivity index (χ1n) is 3.87. The molecule has 0 amide bonds. The van der Waals surface area contributed by atoms with Gasteiger partial charge in [-0.05, 0) is 12.1 Å². The van der Waals surface area contributed by atoms with Gasteiger partial charge in [0.1, 0.15) is 0 Å². The average molecular weight is 197 g/mol. The Kier molecular flexibility index (Phi) is 4.32. The van der Waals surface area contributed by atoms with Crippen molar-refractivity contribution in [2.75, 3.05) is 12.9 Å². The zero-order valence-corrected chi connectivity index (χ0v) is 8.21. The van der Waals surface area contributed by atoms with Crippen LogP contribution in [0.4, 0.5) is 0 Å². The number of nitrogens with zero attached hydrogens (tertiary/aromatic N) is 1. The molecule has 1 heterocycles. The van der Waals surface area contributed by atoms with Crippen LogP contribution in [0.2, 0.25) is 0 Å². The number of esters is 1. The van der Waals surface area contributed by atoms with Gasteiger partial charge in [0.2, 0.25) is 0 Å². The Balaban J connectivity index is 2.24. The highest BCUT2D eigenvalue weighted by molar-refractivity contribution is 7.99. The van der Waals surface area contributed by atoms with Crippen molar-refractivity contribution in [3.8, 4) is 0 Å². The minimum Gasteiger partial charge on any atom is -0.468 e. The molecule has 3 nitrogen and oxygen atoms in total. The van der Waals surface area contributed by atoms with Gasteiger partial charge in [-0.1, -0.05) is 6.07 Å². The predicted octanol–water partition coefficient (Wildman–Crippen LogP) is 1.49. The van der Waals surface area contributed by atoms with Crippen LogP contribution in [0, 0.1) is 0 Å². The molecule has 0 aromatic carbocycles. The largest absolute Gasteiger partial charge is 0.468 e. The molecule has 13 heavy (non-hydrogen) atoms. The molecular formula is C9H11NO2S. The zero-order chi connectivity index (χ0) is 9.52. The molecule has 1 rings (SSSR count). The zero-order valence-electron chi connectivity index (χ0n) is 7.40. The second-order valence-electron chi connectivity index (χ2n) is 2.39. The van der Waals surface area contributed by atoms with Gasteiger partial charge in [-0.15, -0.1) is 11.8 Å². The van der Waals surface area contributed by atoms with Gasteiger partial charge in [0, 0.05) is 11.9 Å². The molecule has 1 aromatic heterocycles. The van der Waals surface area contributed by atoms with E-state index in [1.807, 2.05) is 18.2 Å². The molecule has 4 heteroatoms. The average Bonchev–Trinajstić information content (AvgIpc) is 2.19. The molecule has 0 saturated heterocycles. The fraction of sp³-hybridized carbons (Fsp3) is 0.333. The molecular weight excluding hydrogens is 186 g/mol. The van der Waals surface area contributed by atoms with Crippen LogP contribution < -0.4 is 0 Å². The van der Waals surface area contributed by atoms with Gasteiger partial charge in [-0.2, -0.15) is 0 Å². The Morgan fingerprint density at radius 3 is 3.08 bits per heavy atom. The molecule has 0 bridgehead atoms. The summed E-state index contributed by atoms with van der Waals surface area (Å²) in [5, 5.41) is 0. The van der Waals surface area contributed by atoms with Crippen LogP contribution >= 0.6 is 11.8 Å². The number of pyridine rings is 1. The number of carbonyl (C=O) groups is 1. The number of rotatable bonds is 4. The van der Waals surface area contributed by atoms with Gasteiger partial charge in [-0.25, -0.2) is 0 Å². The van der Waals surface area contributed by atoms with Crippen molar-refractivity contribution in [2.24, 2.45) is 0 Å². The molecule has 0 aliphatic heterocycles. The lowest BCUT2D eigenvalue weighted by molar-refractivity contribution is -0.137. The highest BCUT2D eigenvalue weighted by Crippen LogP contribution is 2.08. The van der Waals surface area contributed by atoms with E-state index < -0.39 is 0 Å². The molecule has 0 radical (unpaired) electrons. The summed E-state index contributed by atoms with van der Waals surface area (Å²) in [6.45, 7) is 0. The lowest BCUT2D eigenvalue weighted by Gasteiger charge is -1.99. The molecule has 0 fully saturated rings. The number of carbonyl (C=O) groups excluding carboxylic acids is 1. The highest BCUT2D eigenvalue weighted by Gasteiger charge is 2.00. The fourth-order valence-corrected chi connectivity index (χ4v) is 1.55. The third-order valence-electron chi connectivity index (χ3n) is 1.42. The van der Waals surface area contributed by atoms with Crippen molar-refractivity contribution >= 4 is 17.7 Å². The molecule has 0 saturated carbocycles. The quantitative estimate of drug-likeness (QED) is 0.685. The standard InChI is InChI=1S/C9H11NO2S/c1-12-9(11)7-13-6-8-4-2-3-5-10-8/h2-5H,6-7H2,1H3. The van der Waals surface area contributed by atoms with Crippen molar-refractivity contribution in [3.63, 3.8) is 0 Å². The summed E-state index contributed by atoms with van der Waals surface area (Å²) >= 11 is 1.50. The summed E-state index contributed by atoms with van der Waals surface area (Å²) in [6.07, 6.45) is 1.74. The minimum atomic E-state index is -0.194. The van der Waals surface area contributed by atoms with Gasteiger partial charge < -0.3 is 4.74 Å². The second kappa shape index (κ2) is 5.59. The van der Waals surface area contributed by atoms with Gasteiger partial charge in [0.05, 0.1) is 18.6 Å². The van der Waals surface area contributed by atoms with E-state index in [9.17, 15) is 4.79 Å². The minimum absolute atomic E-state index is 0.194. The van der Waals surface area contributed by atoms with Gasteiger partial charge in [0.25, 0.3) is 0 Å². The van der Waals surface area contributed by atoms with E-state index in [-0.39, 0.29) is 5.97 Å². The number of hydrogen-bond donors (Lipinski definition) is 0. The highest BCUT2D eigenvalue weighted by atomic mass is 32.2. The third-order valence-corrected chi connectivity index (χ3v) is 2.36. The Labute approximate surface area is 81.5 Å². The van der Waals surface area contributed by atoms with Crippen LogP contribution in [-0.2, 0) is 15.3 Å². The van der Waals surface area contributed by atoms with E-state index in [0.717, 1.165) is 11.4 Å². The van der Waals surface area contributed by atoms with Crippen LogP contribution in [0.1, 0.15) is 5.69 Å². The Morgan fingerprint density at radius 1 is 1.62 bits per heavy atom. The number of ether oxygens (including phenoxy) is 1. The summed E-state index contributed by atoms with van der Waals surface area (Å²) in [6, 6.07) is 5.74. The van der Waals surface area contributed by atoms with Crippen LogP contribution in [-0.4, -0.2) is 23.8 Å². The van der Waals surface area contributed by atoms with Gasteiger partial charge >= 0.3 is 5.97 Å². The van der Waals surface area contributed by atoms with E-state index in [2.05, 4.69) is 9.72 Å². The molecule has 0 atom stereocenters. The Hall–Kier alpha value is -1.03. The smallest absolute Gasteiger partial charge is 0.315 e. The van der Waals surface area contributed by atoms with Crippen LogP contribution in [0.25, 0.3) is 0 Å². The van der Waals surface area contributed by atoms with Crippen molar-refractivity contribution < 1.29 is 9.53 Å². The monoisotopic (exact) mass is 197 g/mol.